The van der Waals surface area contributed by atoms with E-state index in [0.717, 1.165) is 18.5 Å². The molecular formula is C8H12N2O. The summed E-state index contributed by atoms with van der Waals surface area (Å²) >= 11 is 0. The summed E-state index contributed by atoms with van der Waals surface area (Å²) in [5, 5.41) is 6.07. The molecule has 1 atom stereocenters. The summed E-state index contributed by atoms with van der Waals surface area (Å²) in [6, 6.07) is 0.418. The molecule has 0 aromatic carbocycles. The summed E-state index contributed by atoms with van der Waals surface area (Å²) in [5.41, 5.74) is 1.09. The molecule has 1 saturated heterocycles. The Balaban J connectivity index is 2.13. The van der Waals surface area contributed by atoms with E-state index >= 15 is 0 Å². The second-order valence-corrected chi connectivity index (χ2v) is 3.07. The number of nitrogens with one attached hydrogen (secondary N) is 2. The smallest absolute Gasteiger partial charge is 0.238 e. The van der Waals surface area contributed by atoms with Gasteiger partial charge in [-0.05, 0) is 19.3 Å². The van der Waals surface area contributed by atoms with Gasteiger partial charge in [0.1, 0.15) is 0 Å². The zero-order chi connectivity index (χ0) is 7.68. The third-order valence-electron chi connectivity index (χ3n) is 2.23. The number of amides is 1. The quantitative estimate of drug-likeness (QED) is 0.518. The van der Waals surface area contributed by atoms with E-state index in [0.29, 0.717) is 12.6 Å². The topological polar surface area (TPSA) is 41.1 Å². The van der Waals surface area contributed by atoms with E-state index in [1.54, 1.807) is 0 Å². The predicted octanol–water partition coefficient (Wildman–Crippen LogP) is 0.142. The minimum Gasteiger partial charge on any atom is -0.327 e. The van der Waals surface area contributed by atoms with E-state index in [4.69, 9.17) is 0 Å². The molecule has 2 aliphatic rings. The van der Waals surface area contributed by atoms with Gasteiger partial charge in [-0.2, -0.15) is 0 Å². The fraction of sp³-hybridized carbons (Fsp3) is 0.625. The lowest BCUT2D eigenvalue weighted by atomic mass is 9.98. The molecule has 1 aliphatic heterocycles. The number of hydrogen-bond acceptors (Lipinski definition) is 2. The maximum absolute atomic E-state index is 10.9. The number of hydrogen-bond donors (Lipinski definition) is 2. The zero-order valence-electron chi connectivity index (χ0n) is 6.39. The highest BCUT2D eigenvalue weighted by atomic mass is 16.2. The molecule has 2 rings (SSSR count). The third-order valence-corrected chi connectivity index (χ3v) is 2.23. The van der Waals surface area contributed by atoms with Crippen molar-refractivity contribution in [2.24, 2.45) is 0 Å². The van der Waals surface area contributed by atoms with E-state index in [1.165, 1.54) is 6.42 Å². The number of carbonyl (C=O) groups excluding carboxylic acids is 1. The average Bonchev–Trinajstić information content (AvgIpc) is 2.04. The largest absolute Gasteiger partial charge is 0.327 e. The molecule has 1 amide bonds. The fourth-order valence-electron chi connectivity index (χ4n) is 1.65. The molecule has 0 aromatic rings. The van der Waals surface area contributed by atoms with Gasteiger partial charge >= 0.3 is 0 Å². The normalized spacial score (nSPS) is 30.4. The van der Waals surface area contributed by atoms with Gasteiger partial charge in [0.2, 0.25) is 5.91 Å². The summed E-state index contributed by atoms with van der Waals surface area (Å²) in [4.78, 5) is 10.9. The lowest BCUT2D eigenvalue weighted by Gasteiger charge is -2.29. The van der Waals surface area contributed by atoms with Gasteiger partial charge in [0.15, 0.2) is 0 Å². The second-order valence-electron chi connectivity index (χ2n) is 3.07. The Morgan fingerprint density at radius 2 is 2.45 bits per heavy atom. The molecular weight excluding hydrogens is 140 g/mol. The van der Waals surface area contributed by atoms with Crippen LogP contribution in [0.1, 0.15) is 19.3 Å². The maximum atomic E-state index is 10.9. The molecule has 11 heavy (non-hydrogen) atoms. The molecule has 0 bridgehead atoms. The van der Waals surface area contributed by atoms with E-state index in [-0.39, 0.29) is 5.91 Å². The van der Waals surface area contributed by atoms with Crippen molar-refractivity contribution in [3.63, 3.8) is 0 Å². The fourth-order valence-corrected chi connectivity index (χ4v) is 1.65. The molecule has 0 spiro atoms. The van der Waals surface area contributed by atoms with Gasteiger partial charge in [0.25, 0.3) is 0 Å². The lowest BCUT2D eigenvalue weighted by Crippen LogP contribution is -2.50. The van der Waals surface area contributed by atoms with E-state index < -0.39 is 0 Å². The van der Waals surface area contributed by atoms with Crippen LogP contribution in [-0.4, -0.2) is 18.5 Å². The van der Waals surface area contributed by atoms with E-state index in [1.807, 2.05) is 0 Å². The summed E-state index contributed by atoms with van der Waals surface area (Å²) in [6.07, 6.45) is 5.62. The highest BCUT2D eigenvalue weighted by molar-refractivity contribution is 5.81. The first-order valence-corrected chi connectivity index (χ1v) is 4.09. The van der Waals surface area contributed by atoms with Crippen molar-refractivity contribution in [3.05, 3.63) is 11.8 Å². The second kappa shape index (κ2) is 2.66. The first-order chi connectivity index (χ1) is 5.36. The first-order valence-electron chi connectivity index (χ1n) is 4.09. The van der Waals surface area contributed by atoms with Crippen molar-refractivity contribution >= 4 is 5.91 Å². The molecule has 1 heterocycles. The number of fused-ring (bicyclic) bond motifs is 1. The summed E-state index contributed by atoms with van der Waals surface area (Å²) < 4.78 is 0. The van der Waals surface area contributed by atoms with Crippen LogP contribution in [0.2, 0.25) is 0 Å². The van der Waals surface area contributed by atoms with Crippen LogP contribution in [0, 0.1) is 0 Å². The Morgan fingerprint density at radius 3 is 3.36 bits per heavy atom. The molecule has 1 fully saturated rings. The summed E-state index contributed by atoms with van der Waals surface area (Å²) in [5.74, 6) is 0.0920. The van der Waals surface area contributed by atoms with Crippen molar-refractivity contribution in [3.8, 4) is 0 Å². The Morgan fingerprint density at radius 1 is 1.55 bits per heavy atom. The van der Waals surface area contributed by atoms with Gasteiger partial charge in [0.05, 0.1) is 6.54 Å². The number of carbonyl (C=O) groups is 1. The Kier molecular flexibility index (Phi) is 1.66. The maximum Gasteiger partial charge on any atom is 0.238 e. The molecule has 0 aromatic heterocycles. The van der Waals surface area contributed by atoms with E-state index in [2.05, 4.69) is 16.7 Å². The van der Waals surface area contributed by atoms with Gasteiger partial charge in [-0.15, -0.1) is 0 Å². The summed E-state index contributed by atoms with van der Waals surface area (Å²) in [6.45, 7) is 0.474. The van der Waals surface area contributed by atoms with Gasteiger partial charge < -0.3 is 10.6 Å². The molecule has 2 N–H and O–H groups in total. The Bertz CT molecular complexity index is 210. The van der Waals surface area contributed by atoms with E-state index in [9.17, 15) is 4.79 Å². The van der Waals surface area contributed by atoms with Crippen LogP contribution in [0.5, 0.6) is 0 Å². The third kappa shape index (κ3) is 1.28. The first kappa shape index (κ1) is 6.85. The zero-order valence-corrected chi connectivity index (χ0v) is 6.39. The van der Waals surface area contributed by atoms with Crippen molar-refractivity contribution in [2.75, 3.05) is 6.54 Å². The predicted molar refractivity (Wildman–Crippen MR) is 41.9 cm³/mol. The van der Waals surface area contributed by atoms with Gasteiger partial charge in [-0.3, -0.25) is 4.79 Å². The number of rotatable bonds is 0. The molecule has 0 saturated carbocycles. The Hall–Kier alpha value is -0.830. The monoisotopic (exact) mass is 152 g/mol. The standard InChI is InChI=1S/C8H12N2O/c11-8-5-9-6-3-1-2-4-7(6)10-8/h4,6,9H,1-3,5H2,(H,10,11). The molecule has 3 heteroatoms. The highest BCUT2D eigenvalue weighted by Gasteiger charge is 2.23. The van der Waals surface area contributed by atoms with Crippen LogP contribution in [0.3, 0.4) is 0 Å². The van der Waals surface area contributed by atoms with Crippen molar-refractivity contribution in [2.45, 2.75) is 25.3 Å². The molecule has 3 nitrogen and oxygen atoms in total. The van der Waals surface area contributed by atoms with Gasteiger partial charge in [-0.25, -0.2) is 0 Å². The van der Waals surface area contributed by atoms with Crippen molar-refractivity contribution in [1.82, 2.24) is 10.6 Å². The average molecular weight is 152 g/mol. The molecule has 0 radical (unpaired) electrons. The van der Waals surface area contributed by atoms with Crippen LogP contribution in [0.15, 0.2) is 11.8 Å². The van der Waals surface area contributed by atoms with Gasteiger partial charge in [0, 0.05) is 11.7 Å². The minimum atomic E-state index is 0.0920. The molecule has 1 unspecified atom stereocenters. The van der Waals surface area contributed by atoms with Crippen molar-refractivity contribution < 1.29 is 4.79 Å². The number of piperazine rings is 1. The van der Waals surface area contributed by atoms with Gasteiger partial charge in [-0.1, -0.05) is 6.08 Å². The van der Waals surface area contributed by atoms with Crippen LogP contribution in [0.25, 0.3) is 0 Å². The SMILES string of the molecule is O=C1CNC2CCCC=C2N1. The lowest BCUT2D eigenvalue weighted by molar-refractivity contribution is -0.120. The molecule has 1 aliphatic carbocycles. The van der Waals surface area contributed by atoms with Crippen LogP contribution in [-0.2, 0) is 4.79 Å². The number of allylic oxidation sites excluding steroid dienone is 1. The van der Waals surface area contributed by atoms with Crippen molar-refractivity contribution in [1.29, 1.82) is 0 Å². The Labute approximate surface area is 65.9 Å². The molecule has 60 valence electrons. The van der Waals surface area contributed by atoms with Crippen LogP contribution in [0.4, 0.5) is 0 Å². The summed E-state index contributed by atoms with van der Waals surface area (Å²) in [7, 11) is 0. The highest BCUT2D eigenvalue weighted by Crippen LogP contribution is 2.17. The van der Waals surface area contributed by atoms with Crippen LogP contribution < -0.4 is 10.6 Å². The van der Waals surface area contributed by atoms with Crippen LogP contribution >= 0.6 is 0 Å². The minimum absolute atomic E-state index is 0.0920.